The number of carboxylic acid groups (broad SMARTS) is 1. The maximum absolute atomic E-state index is 12.9. The zero-order valence-electron chi connectivity index (χ0n) is 20.5. The van der Waals surface area contributed by atoms with Crippen LogP contribution in [0.2, 0.25) is 0 Å². The molecule has 188 valence electrons. The zero-order chi connectivity index (χ0) is 25.4. The third-order valence-corrected chi connectivity index (χ3v) is 7.16. The number of alkyl carbamates (subject to hydrolysis) is 1. The SMILES string of the molecule is CCC(C)CC(NC(=O)C(CCSC)NC(=O)OCC1c2ccccc2-c2ccccc21)C(=O)O. The summed E-state index contributed by atoms with van der Waals surface area (Å²) in [5.41, 5.74) is 4.48. The van der Waals surface area contributed by atoms with E-state index in [-0.39, 0.29) is 18.4 Å². The van der Waals surface area contributed by atoms with Gasteiger partial charge in [-0.2, -0.15) is 11.8 Å². The van der Waals surface area contributed by atoms with E-state index in [1.54, 1.807) is 11.8 Å². The highest BCUT2D eigenvalue weighted by atomic mass is 32.2. The monoisotopic (exact) mass is 498 g/mol. The van der Waals surface area contributed by atoms with E-state index in [1.165, 1.54) is 0 Å². The van der Waals surface area contributed by atoms with Crippen LogP contribution in [0.15, 0.2) is 48.5 Å². The molecule has 0 radical (unpaired) electrons. The number of carbonyl (C=O) groups excluding carboxylic acids is 2. The van der Waals surface area contributed by atoms with Crippen LogP contribution >= 0.6 is 11.8 Å². The molecule has 0 saturated carbocycles. The standard InChI is InChI=1S/C27H34N2O5S/c1-4-17(2)15-24(26(31)32)28-25(30)23(13-14-35-3)29-27(33)34-16-22-20-11-7-5-9-18(20)19-10-6-8-12-21(19)22/h5-12,17,22-24H,4,13-16H2,1-3H3,(H,28,30)(H,29,33)(H,31,32). The van der Waals surface area contributed by atoms with Gasteiger partial charge in [0.2, 0.25) is 5.91 Å². The van der Waals surface area contributed by atoms with Gasteiger partial charge in [0.1, 0.15) is 18.7 Å². The number of carboxylic acids is 1. The van der Waals surface area contributed by atoms with Crippen LogP contribution in [0.25, 0.3) is 11.1 Å². The van der Waals surface area contributed by atoms with Crippen molar-refractivity contribution in [1.29, 1.82) is 0 Å². The molecule has 2 amide bonds. The van der Waals surface area contributed by atoms with E-state index in [4.69, 9.17) is 4.74 Å². The van der Waals surface area contributed by atoms with Crippen molar-refractivity contribution in [3.63, 3.8) is 0 Å². The molecular formula is C27H34N2O5S. The van der Waals surface area contributed by atoms with Crippen LogP contribution in [-0.2, 0) is 14.3 Å². The number of hydrogen-bond donors (Lipinski definition) is 3. The summed E-state index contributed by atoms with van der Waals surface area (Å²) in [6, 6.07) is 14.3. The quantitative estimate of drug-likeness (QED) is 0.393. The Hall–Kier alpha value is -3.00. The Kier molecular flexibility index (Phi) is 9.60. The van der Waals surface area contributed by atoms with Crippen molar-refractivity contribution in [2.24, 2.45) is 5.92 Å². The van der Waals surface area contributed by atoms with Crippen molar-refractivity contribution in [3.8, 4) is 11.1 Å². The van der Waals surface area contributed by atoms with Crippen molar-refractivity contribution in [2.75, 3.05) is 18.6 Å². The highest BCUT2D eigenvalue weighted by molar-refractivity contribution is 7.98. The van der Waals surface area contributed by atoms with Crippen LogP contribution in [0, 0.1) is 5.92 Å². The minimum absolute atomic E-state index is 0.0847. The molecule has 3 atom stereocenters. The van der Waals surface area contributed by atoms with Crippen LogP contribution in [-0.4, -0.2) is 53.8 Å². The molecule has 3 rings (SSSR count). The van der Waals surface area contributed by atoms with Gasteiger partial charge in [-0.05, 0) is 53.0 Å². The van der Waals surface area contributed by atoms with Crippen molar-refractivity contribution in [3.05, 3.63) is 59.7 Å². The highest BCUT2D eigenvalue weighted by Gasteiger charge is 2.31. The third-order valence-electron chi connectivity index (χ3n) is 6.51. The normalized spacial score (nSPS) is 14.8. The summed E-state index contributed by atoms with van der Waals surface area (Å²) in [4.78, 5) is 37.3. The van der Waals surface area contributed by atoms with Gasteiger partial charge in [-0.25, -0.2) is 9.59 Å². The number of nitrogens with one attached hydrogen (secondary N) is 2. The van der Waals surface area contributed by atoms with E-state index < -0.39 is 30.1 Å². The summed E-state index contributed by atoms with van der Waals surface area (Å²) >= 11 is 1.54. The molecule has 0 bridgehead atoms. The van der Waals surface area contributed by atoms with Gasteiger partial charge >= 0.3 is 12.1 Å². The molecule has 2 aromatic rings. The second-order valence-electron chi connectivity index (χ2n) is 8.95. The number of aliphatic carboxylic acids is 1. The molecule has 1 aliphatic rings. The smallest absolute Gasteiger partial charge is 0.407 e. The number of thioether (sulfide) groups is 1. The molecule has 7 nitrogen and oxygen atoms in total. The molecule has 8 heteroatoms. The Labute approximate surface area is 211 Å². The highest BCUT2D eigenvalue weighted by Crippen LogP contribution is 2.44. The predicted octanol–water partition coefficient (Wildman–Crippen LogP) is 4.65. The average Bonchev–Trinajstić information content (AvgIpc) is 3.18. The van der Waals surface area contributed by atoms with Gasteiger partial charge in [0.25, 0.3) is 0 Å². The summed E-state index contributed by atoms with van der Waals surface area (Å²) < 4.78 is 5.58. The number of ether oxygens (including phenoxy) is 1. The van der Waals surface area contributed by atoms with E-state index in [1.807, 2.05) is 56.5 Å². The molecule has 0 aromatic heterocycles. The van der Waals surface area contributed by atoms with Gasteiger partial charge < -0.3 is 20.5 Å². The average molecular weight is 499 g/mol. The van der Waals surface area contributed by atoms with Crippen LogP contribution in [0.4, 0.5) is 4.79 Å². The maximum atomic E-state index is 12.9. The van der Waals surface area contributed by atoms with Gasteiger partial charge in [0, 0.05) is 5.92 Å². The molecule has 0 fully saturated rings. The van der Waals surface area contributed by atoms with Crippen LogP contribution in [0.5, 0.6) is 0 Å². The molecule has 0 aliphatic heterocycles. The first-order valence-corrected chi connectivity index (χ1v) is 13.4. The lowest BCUT2D eigenvalue weighted by Crippen LogP contribution is -2.52. The Morgan fingerprint density at radius 3 is 2.14 bits per heavy atom. The molecule has 3 unspecified atom stereocenters. The number of benzene rings is 2. The maximum Gasteiger partial charge on any atom is 0.407 e. The minimum atomic E-state index is -1.08. The first-order valence-electron chi connectivity index (χ1n) is 12.0. The van der Waals surface area contributed by atoms with E-state index in [0.717, 1.165) is 28.7 Å². The molecule has 0 heterocycles. The summed E-state index contributed by atoms with van der Waals surface area (Å²) in [5, 5.41) is 14.8. The zero-order valence-corrected chi connectivity index (χ0v) is 21.3. The lowest BCUT2D eigenvalue weighted by atomic mass is 9.98. The minimum Gasteiger partial charge on any atom is -0.480 e. The molecule has 0 spiro atoms. The first-order chi connectivity index (χ1) is 16.8. The fourth-order valence-electron chi connectivity index (χ4n) is 4.35. The number of hydrogen-bond acceptors (Lipinski definition) is 5. The Morgan fingerprint density at radius 1 is 1.00 bits per heavy atom. The lowest BCUT2D eigenvalue weighted by molar-refractivity contribution is -0.142. The van der Waals surface area contributed by atoms with Crippen molar-refractivity contribution in [1.82, 2.24) is 10.6 Å². The fourth-order valence-corrected chi connectivity index (χ4v) is 4.82. The van der Waals surface area contributed by atoms with Gasteiger partial charge in [0.15, 0.2) is 0 Å². The first kappa shape index (κ1) is 26.6. The van der Waals surface area contributed by atoms with E-state index >= 15 is 0 Å². The van der Waals surface area contributed by atoms with E-state index in [0.29, 0.717) is 18.6 Å². The van der Waals surface area contributed by atoms with Crippen LogP contribution < -0.4 is 10.6 Å². The molecule has 0 saturated heterocycles. The second-order valence-corrected chi connectivity index (χ2v) is 9.94. The lowest BCUT2D eigenvalue weighted by Gasteiger charge is -2.23. The predicted molar refractivity (Wildman–Crippen MR) is 139 cm³/mol. The Balaban J connectivity index is 1.64. The molecule has 3 N–H and O–H groups in total. The summed E-state index contributed by atoms with van der Waals surface area (Å²) in [6.45, 7) is 4.07. The number of fused-ring (bicyclic) bond motifs is 3. The van der Waals surface area contributed by atoms with Gasteiger partial charge in [0.05, 0.1) is 0 Å². The van der Waals surface area contributed by atoms with Crippen molar-refractivity contribution >= 4 is 29.7 Å². The number of amides is 2. The summed E-state index contributed by atoms with van der Waals surface area (Å²) in [5.74, 6) is -0.897. The van der Waals surface area contributed by atoms with Crippen molar-refractivity contribution in [2.45, 2.75) is 51.1 Å². The van der Waals surface area contributed by atoms with Gasteiger partial charge in [-0.15, -0.1) is 0 Å². The molecule has 35 heavy (non-hydrogen) atoms. The number of carbonyl (C=O) groups is 3. The third kappa shape index (κ3) is 6.78. The van der Waals surface area contributed by atoms with E-state index in [2.05, 4.69) is 22.8 Å². The topological polar surface area (TPSA) is 105 Å². The largest absolute Gasteiger partial charge is 0.480 e. The Morgan fingerprint density at radius 2 is 1.60 bits per heavy atom. The second kappa shape index (κ2) is 12.6. The van der Waals surface area contributed by atoms with Gasteiger partial charge in [-0.1, -0.05) is 68.8 Å². The molecular weight excluding hydrogens is 464 g/mol. The van der Waals surface area contributed by atoms with E-state index in [9.17, 15) is 19.5 Å². The molecule has 2 aromatic carbocycles. The van der Waals surface area contributed by atoms with Crippen LogP contribution in [0.3, 0.4) is 0 Å². The Bertz CT molecular complexity index is 998. The fraction of sp³-hybridized carbons (Fsp3) is 0.444. The van der Waals surface area contributed by atoms with Crippen LogP contribution in [0.1, 0.15) is 50.2 Å². The van der Waals surface area contributed by atoms with Gasteiger partial charge in [-0.3, -0.25) is 4.79 Å². The summed E-state index contributed by atoms with van der Waals surface area (Å²) in [6.07, 6.45) is 2.73. The summed E-state index contributed by atoms with van der Waals surface area (Å²) in [7, 11) is 0. The molecule has 1 aliphatic carbocycles. The van der Waals surface area contributed by atoms with Crippen molar-refractivity contribution < 1.29 is 24.2 Å². The number of rotatable bonds is 12.